The molecule has 4 aromatic rings. The average Bonchev–Trinajstić information content (AvgIpc) is 3.33. The van der Waals surface area contributed by atoms with Crippen molar-refractivity contribution < 1.29 is 14.9 Å². The van der Waals surface area contributed by atoms with E-state index >= 15 is 0 Å². The summed E-state index contributed by atoms with van der Waals surface area (Å²) in [6.07, 6.45) is 6.19. The number of aliphatic hydroxyl groups is 2. The van der Waals surface area contributed by atoms with Gasteiger partial charge in [-0.2, -0.15) is 0 Å². The molecule has 1 fully saturated rings. The van der Waals surface area contributed by atoms with E-state index in [0.717, 1.165) is 27.2 Å². The molecule has 33 heavy (non-hydrogen) atoms. The number of piperidine rings is 1. The van der Waals surface area contributed by atoms with Gasteiger partial charge in [-0.3, -0.25) is 9.88 Å². The first kappa shape index (κ1) is 22.4. The highest BCUT2D eigenvalue weighted by molar-refractivity contribution is 6.45. The summed E-state index contributed by atoms with van der Waals surface area (Å²) in [6.45, 7) is 1.48. The number of likely N-dealkylation sites (tertiary alicyclic amines) is 1. The van der Waals surface area contributed by atoms with Crippen molar-refractivity contribution in [3.63, 3.8) is 0 Å². The van der Waals surface area contributed by atoms with Crippen LogP contribution in [0.3, 0.4) is 0 Å². The van der Waals surface area contributed by atoms with Crippen LogP contribution in [0.15, 0.2) is 55.0 Å². The minimum Gasteiger partial charge on any atom is -0.493 e. The molecule has 0 spiro atoms. The molecule has 1 aliphatic heterocycles. The van der Waals surface area contributed by atoms with Gasteiger partial charge in [0.05, 0.1) is 27.8 Å². The van der Waals surface area contributed by atoms with Crippen molar-refractivity contribution in [2.75, 3.05) is 19.7 Å². The van der Waals surface area contributed by atoms with Crippen molar-refractivity contribution in [3.8, 4) is 5.75 Å². The van der Waals surface area contributed by atoms with Gasteiger partial charge in [0, 0.05) is 60.5 Å². The van der Waals surface area contributed by atoms with Gasteiger partial charge >= 0.3 is 0 Å². The number of rotatable bonds is 6. The molecular formula is C25H25Cl2N3O3. The summed E-state index contributed by atoms with van der Waals surface area (Å²) >= 11 is 12.4. The van der Waals surface area contributed by atoms with E-state index in [1.807, 2.05) is 41.4 Å². The largest absolute Gasteiger partial charge is 0.493 e. The number of pyridine rings is 1. The van der Waals surface area contributed by atoms with Gasteiger partial charge in [-0.1, -0.05) is 47.5 Å². The highest BCUT2D eigenvalue weighted by Crippen LogP contribution is 2.38. The number of hydrogen-bond acceptors (Lipinski definition) is 5. The van der Waals surface area contributed by atoms with E-state index < -0.39 is 11.8 Å². The molecule has 1 saturated heterocycles. The van der Waals surface area contributed by atoms with Gasteiger partial charge in [0.2, 0.25) is 0 Å². The fraction of sp³-hybridized carbons (Fsp3) is 0.320. The van der Waals surface area contributed by atoms with E-state index in [4.69, 9.17) is 27.9 Å². The van der Waals surface area contributed by atoms with E-state index in [2.05, 4.69) is 9.97 Å². The predicted molar refractivity (Wildman–Crippen MR) is 131 cm³/mol. The molecule has 2 aromatic heterocycles. The highest BCUT2D eigenvalue weighted by Gasteiger charge is 2.37. The third-order valence-corrected chi connectivity index (χ3v) is 7.34. The van der Waals surface area contributed by atoms with Crippen LogP contribution in [0.25, 0.3) is 21.7 Å². The quantitative estimate of drug-likeness (QED) is 0.354. The molecule has 0 amide bonds. The summed E-state index contributed by atoms with van der Waals surface area (Å²) in [5.41, 5.74) is 0.631. The van der Waals surface area contributed by atoms with Gasteiger partial charge in [0.25, 0.3) is 0 Å². The number of aromatic nitrogens is 2. The Bertz CT molecular complexity index is 1280. The lowest BCUT2D eigenvalue weighted by Gasteiger charge is -2.40. The molecule has 1 atom stereocenters. The van der Waals surface area contributed by atoms with Gasteiger partial charge in [0.15, 0.2) is 0 Å². The van der Waals surface area contributed by atoms with Crippen molar-refractivity contribution in [2.24, 2.45) is 0 Å². The lowest BCUT2D eigenvalue weighted by Crippen LogP contribution is -2.47. The smallest absolute Gasteiger partial charge is 0.130 e. The second-order valence-corrected chi connectivity index (χ2v) is 9.32. The summed E-state index contributed by atoms with van der Waals surface area (Å²) in [6, 6.07) is 11.6. The fourth-order valence-electron chi connectivity index (χ4n) is 4.66. The number of hydrogen-bond donors (Lipinski definition) is 3. The first-order valence-corrected chi connectivity index (χ1v) is 11.8. The van der Waals surface area contributed by atoms with E-state index in [0.29, 0.717) is 54.8 Å². The van der Waals surface area contributed by atoms with E-state index in [1.54, 1.807) is 18.5 Å². The molecule has 5 rings (SSSR count). The number of H-pyrrole nitrogens is 1. The fourth-order valence-corrected chi connectivity index (χ4v) is 5.06. The van der Waals surface area contributed by atoms with E-state index in [-0.39, 0.29) is 0 Å². The summed E-state index contributed by atoms with van der Waals surface area (Å²) in [4.78, 5) is 9.38. The monoisotopic (exact) mass is 485 g/mol. The molecule has 0 saturated carbocycles. The van der Waals surface area contributed by atoms with Gasteiger partial charge in [-0.15, -0.1) is 0 Å². The van der Waals surface area contributed by atoms with Crippen molar-refractivity contribution in [1.29, 1.82) is 0 Å². The SMILES string of the molecule is OC(CCOc1cc(Cl)c(Cl)c2[nH]ccc12)N1CCC(O)(c2cncc3ccccc23)CC1. The molecular weight excluding hydrogens is 461 g/mol. The Balaban J connectivity index is 1.20. The van der Waals surface area contributed by atoms with E-state index in [1.165, 1.54) is 0 Å². The van der Waals surface area contributed by atoms with Crippen molar-refractivity contribution in [2.45, 2.75) is 31.1 Å². The van der Waals surface area contributed by atoms with Gasteiger partial charge in [-0.05, 0) is 24.3 Å². The topological polar surface area (TPSA) is 81.6 Å². The number of nitrogens with one attached hydrogen (secondary N) is 1. The van der Waals surface area contributed by atoms with Crippen LogP contribution in [-0.4, -0.2) is 51.0 Å². The zero-order valence-corrected chi connectivity index (χ0v) is 19.5. The Kier molecular flexibility index (Phi) is 6.20. The van der Waals surface area contributed by atoms with Crippen LogP contribution in [0.5, 0.6) is 5.75 Å². The van der Waals surface area contributed by atoms with Gasteiger partial charge in [-0.25, -0.2) is 0 Å². The summed E-state index contributed by atoms with van der Waals surface area (Å²) < 4.78 is 5.93. The average molecular weight is 486 g/mol. The second-order valence-electron chi connectivity index (χ2n) is 8.53. The maximum atomic E-state index is 11.4. The molecule has 172 valence electrons. The molecule has 0 radical (unpaired) electrons. The lowest BCUT2D eigenvalue weighted by atomic mass is 9.83. The van der Waals surface area contributed by atoms with Gasteiger partial charge < -0.3 is 19.9 Å². The molecule has 1 unspecified atom stereocenters. The van der Waals surface area contributed by atoms with E-state index in [9.17, 15) is 10.2 Å². The Hall–Kier alpha value is -2.35. The second kappa shape index (κ2) is 9.12. The van der Waals surface area contributed by atoms with Crippen LogP contribution in [-0.2, 0) is 5.60 Å². The zero-order chi connectivity index (χ0) is 23.0. The summed E-state index contributed by atoms with van der Waals surface area (Å²) in [5.74, 6) is 0.629. The number of benzene rings is 2. The Morgan fingerprint density at radius 2 is 1.91 bits per heavy atom. The number of aliphatic hydroxyl groups excluding tert-OH is 1. The van der Waals surface area contributed by atoms with Crippen LogP contribution in [0.4, 0.5) is 0 Å². The minimum absolute atomic E-state index is 0.327. The third kappa shape index (κ3) is 4.29. The molecule has 2 aromatic carbocycles. The molecule has 3 N–H and O–H groups in total. The van der Waals surface area contributed by atoms with Crippen LogP contribution in [0.2, 0.25) is 10.0 Å². The molecule has 3 heterocycles. The normalized spacial score (nSPS) is 17.5. The lowest BCUT2D eigenvalue weighted by molar-refractivity contribution is -0.0814. The van der Waals surface area contributed by atoms with Crippen molar-refractivity contribution in [1.82, 2.24) is 14.9 Å². The zero-order valence-electron chi connectivity index (χ0n) is 18.0. The summed E-state index contributed by atoms with van der Waals surface area (Å²) in [7, 11) is 0. The minimum atomic E-state index is -0.958. The first-order valence-electron chi connectivity index (χ1n) is 11.0. The number of ether oxygens (including phenoxy) is 1. The van der Waals surface area contributed by atoms with Crippen LogP contribution in [0.1, 0.15) is 24.8 Å². The summed E-state index contributed by atoms with van der Waals surface area (Å²) in [5, 5.41) is 25.9. The van der Waals surface area contributed by atoms with Crippen LogP contribution in [0, 0.1) is 0 Å². The maximum absolute atomic E-state index is 11.4. The molecule has 0 aliphatic carbocycles. The number of halogens is 2. The first-order chi connectivity index (χ1) is 16.0. The Morgan fingerprint density at radius 3 is 2.73 bits per heavy atom. The Morgan fingerprint density at radius 1 is 1.12 bits per heavy atom. The molecule has 0 bridgehead atoms. The van der Waals surface area contributed by atoms with Crippen LogP contribution < -0.4 is 4.74 Å². The molecule has 8 heteroatoms. The number of nitrogens with zero attached hydrogens (tertiary/aromatic N) is 2. The van der Waals surface area contributed by atoms with Gasteiger partial charge in [0.1, 0.15) is 12.0 Å². The number of fused-ring (bicyclic) bond motifs is 2. The van der Waals surface area contributed by atoms with Crippen molar-refractivity contribution in [3.05, 3.63) is 70.6 Å². The number of aromatic amines is 1. The molecule has 1 aliphatic rings. The molecule has 6 nitrogen and oxygen atoms in total. The third-order valence-electron chi connectivity index (χ3n) is 6.55. The highest BCUT2D eigenvalue weighted by atomic mass is 35.5. The van der Waals surface area contributed by atoms with Crippen molar-refractivity contribution >= 4 is 44.9 Å². The predicted octanol–water partition coefficient (Wildman–Crippen LogP) is 5.09. The Labute approximate surface area is 201 Å². The maximum Gasteiger partial charge on any atom is 0.130 e. The van der Waals surface area contributed by atoms with Crippen LogP contribution >= 0.6 is 23.2 Å². The standard InChI is InChI=1S/C25H25Cl2N3O3/c26-20-13-21(18-5-9-29-24(18)23(20)27)33-12-6-22(31)30-10-7-25(32,8-11-30)19-15-28-14-16-3-1-2-4-17(16)19/h1-5,9,13-15,22,29,31-32H,6-8,10-12H2.